The monoisotopic (exact) mass is 404 g/mol. The summed E-state index contributed by atoms with van der Waals surface area (Å²) in [5.41, 5.74) is 4.27. The smallest absolute Gasteiger partial charge is 0.345 e. The van der Waals surface area contributed by atoms with Gasteiger partial charge in [0.1, 0.15) is 0 Å². The fourth-order valence-electron chi connectivity index (χ4n) is 2.45. The van der Waals surface area contributed by atoms with Crippen LogP contribution in [0.3, 0.4) is 0 Å². The molecule has 0 unspecified atom stereocenters. The maximum absolute atomic E-state index is 12.2. The van der Waals surface area contributed by atoms with Crippen LogP contribution in [-0.2, 0) is 4.79 Å². The summed E-state index contributed by atoms with van der Waals surface area (Å²) in [5, 5.41) is 6.92. The summed E-state index contributed by atoms with van der Waals surface area (Å²) in [5.74, 6) is -0.210. The van der Waals surface area contributed by atoms with Crippen molar-refractivity contribution in [3.05, 3.63) is 84.2 Å². The van der Waals surface area contributed by atoms with Gasteiger partial charge >= 0.3 is 5.97 Å². The topological polar surface area (TPSA) is 102 Å². The summed E-state index contributed by atoms with van der Waals surface area (Å²) >= 11 is 0. The molecule has 0 radical (unpaired) electrons. The van der Waals surface area contributed by atoms with Crippen molar-refractivity contribution in [2.45, 2.75) is 0 Å². The van der Waals surface area contributed by atoms with Gasteiger partial charge < -0.3 is 14.8 Å². The summed E-state index contributed by atoms with van der Waals surface area (Å²) in [6.07, 6.45) is 4.46. The Labute approximate surface area is 173 Å². The van der Waals surface area contributed by atoms with Crippen molar-refractivity contribution in [3.63, 3.8) is 0 Å². The molecule has 1 amide bonds. The zero-order chi connectivity index (χ0) is 21.2. The zero-order valence-electron chi connectivity index (χ0n) is 16.2. The Morgan fingerprint density at radius 3 is 2.63 bits per heavy atom. The van der Waals surface area contributed by atoms with Gasteiger partial charge in [0, 0.05) is 18.1 Å². The Bertz CT molecular complexity index is 1020. The summed E-state index contributed by atoms with van der Waals surface area (Å²) < 4.78 is 10.7. The minimum Gasteiger partial charge on any atom is -0.493 e. The normalized spacial score (nSPS) is 10.4. The minimum atomic E-state index is -0.541. The first kappa shape index (κ1) is 20.5. The van der Waals surface area contributed by atoms with E-state index < -0.39 is 5.97 Å². The number of hydrogen-bond acceptors (Lipinski definition) is 7. The fraction of sp³-hybridized carbons (Fsp3) is 0.0909. The van der Waals surface area contributed by atoms with Gasteiger partial charge in [0.15, 0.2) is 11.5 Å². The number of methoxy groups -OCH3 is 1. The number of nitrogens with zero attached hydrogens (tertiary/aromatic N) is 2. The number of ether oxygens (including phenoxy) is 2. The number of anilines is 1. The fourth-order valence-corrected chi connectivity index (χ4v) is 2.45. The number of pyridine rings is 1. The van der Waals surface area contributed by atoms with Crippen LogP contribution in [0.5, 0.6) is 11.5 Å². The average Bonchev–Trinajstić information content (AvgIpc) is 2.79. The van der Waals surface area contributed by atoms with E-state index in [0.29, 0.717) is 16.9 Å². The maximum atomic E-state index is 12.2. The molecule has 2 N–H and O–H groups in total. The molecule has 0 aliphatic carbocycles. The van der Waals surface area contributed by atoms with Crippen LogP contribution in [0, 0.1) is 0 Å². The molecule has 0 saturated carbocycles. The predicted molar refractivity (Wildman–Crippen MR) is 113 cm³/mol. The van der Waals surface area contributed by atoms with Crippen molar-refractivity contribution < 1.29 is 19.1 Å². The third-order valence-electron chi connectivity index (χ3n) is 3.92. The highest BCUT2D eigenvalue weighted by molar-refractivity contribution is 5.91. The van der Waals surface area contributed by atoms with Gasteiger partial charge in [-0.2, -0.15) is 5.10 Å². The highest BCUT2D eigenvalue weighted by Gasteiger charge is 2.12. The molecule has 3 aromatic rings. The molecule has 8 heteroatoms. The van der Waals surface area contributed by atoms with Crippen molar-refractivity contribution in [2.75, 3.05) is 19.0 Å². The molecule has 3 rings (SSSR count). The summed E-state index contributed by atoms with van der Waals surface area (Å²) in [6, 6.07) is 17.6. The van der Waals surface area contributed by atoms with Crippen molar-refractivity contribution in [2.24, 2.45) is 5.10 Å². The Hall–Kier alpha value is -4.20. The average molecular weight is 404 g/mol. The predicted octanol–water partition coefficient (Wildman–Crippen LogP) is 2.87. The molecule has 0 saturated heterocycles. The van der Waals surface area contributed by atoms with E-state index >= 15 is 0 Å². The van der Waals surface area contributed by atoms with Crippen LogP contribution in [0.2, 0.25) is 0 Å². The first-order valence-corrected chi connectivity index (χ1v) is 9.07. The Kier molecular flexibility index (Phi) is 7.10. The number of aromatic nitrogens is 1. The van der Waals surface area contributed by atoms with Gasteiger partial charge in [-0.05, 0) is 48.0 Å². The number of carbonyl (C=O) groups excluding carboxylic acids is 2. The second kappa shape index (κ2) is 10.4. The van der Waals surface area contributed by atoms with E-state index in [4.69, 9.17) is 9.47 Å². The van der Waals surface area contributed by atoms with Crippen LogP contribution in [0.4, 0.5) is 5.69 Å². The van der Waals surface area contributed by atoms with Gasteiger partial charge in [0.05, 0.1) is 25.4 Å². The lowest BCUT2D eigenvalue weighted by molar-refractivity contribution is -0.119. The van der Waals surface area contributed by atoms with Gasteiger partial charge in [-0.25, -0.2) is 10.2 Å². The number of hydrazone groups is 1. The molecule has 0 aliphatic rings. The minimum absolute atomic E-state index is 0.0912. The Balaban J connectivity index is 1.56. The van der Waals surface area contributed by atoms with Gasteiger partial charge in [0.2, 0.25) is 0 Å². The second-order valence-corrected chi connectivity index (χ2v) is 6.05. The third-order valence-corrected chi connectivity index (χ3v) is 3.92. The molecule has 1 heterocycles. The Morgan fingerprint density at radius 2 is 1.90 bits per heavy atom. The zero-order valence-corrected chi connectivity index (χ0v) is 16.2. The first-order valence-electron chi connectivity index (χ1n) is 9.07. The van der Waals surface area contributed by atoms with E-state index in [9.17, 15) is 9.59 Å². The van der Waals surface area contributed by atoms with E-state index in [1.54, 1.807) is 36.5 Å². The van der Waals surface area contributed by atoms with E-state index in [0.717, 1.165) is 5.69 Å². The van der Waals surface area contributed by atoms with Crippen molar-refractivity contribution in [3.8, 4) is 11.5 Å². The molecule has 0 aliphatic heterocycles. The van der Waals surface area contributed by atoms with Crippen molar-refractivity contribution in [1.82, 2.24) is 10.4 Å². The molecule has 1 aromatic heterocycles. The second-order valence-electron chi connectivity index (χ2n) is 6.05. The molecular formula is C22H20N4O4. The molecule has 0 spiro atoms. The van der Waals surface area contributed by atoms with E-state index in [1.807, 2.05) is 30.3 Å². The molecule has 0 fully saturated rings. The van der Waals surface area contributed by atoms with Crippen molar-refractivity contribution >= 4 is 23.8 Å². The largest absolute Gasteiger partial charge is 0.493 e. The highest BCUT2D eigenvalue weighted by Crippen LogP contribution is 2.28. The third kappa shape index (κ3) is 5.90. The van der Waals surface area contributed by atoms with Crippen LogP contribution in [0.25, 0.3) is 0 Å². The number of hydrogen-bond donors (Lipinski definition) is 2. The van der Waals surface area contributed by atoms with Crippen LogP contribution in [0.1, 0.15) is 15.9 Å². The Morgan fingerprint density at radius 1 is 1.07 bits per heavy atom. The molecule has 0 bridgehead atoms. The van der Waals surface area contributed by atoms with Gasteiger partial charge in [0.25, 0.3) is 5.91 Å². The van der Waals surface area contributed by atoms with Gasteiger partial charge in [-0.15, -0.1) is 0 Å². The quantitative estimate of drug-likeness (QED) is 0.259. The first-order chi connectivity index (χ1) is 14.7. The number of benzene rings is 2. The van der Waals surface area contributed by atoms with E-state index in [1.165, 1.54) is 19.5 Å². The summed E-state index contributed by atoms with van der Waals surface area (Å²) in [6.45, 7) is 0.0912. The number of carbonyl (C=O) groups is 2. The molecule has 30 heavy (non-hydrogen) atoms. The van der Waals surface area contributed by atoms with Crippen LogP contribution in [-0.4, -0.2) is 36.7 Å². The van der Waals surface area contributed by atoms with Crippen LogP contribution in [0.15, 0.2) is 78.2 Å². The number of amides is 1. The lowest BCUT2D eigenvalue weighted by Gasteiger charge is -2.09. The lowest BCUT2D eigenvalue weighted by Crippen LogP contribution is -2.25. The van der Waals surface area contributed by atoms with Crippen molar-refractivity contribution in [1.29, 1.82) is 0 Å². The standard InChI is InChI=1S/C22H20N4O4/c1-29-20-12-16(9-10-19(20)30-22(28)17-6-5-11-23-14-17)13-25-26-21(27)15-24-18-7-3-2-4-8-18/h2-14,24H,15H2,1H3,(H,26,27)/b25-13+. The number of nitrogens with one attached hydrogen (secondary N) is 2. The SMILES string of the molecule is COc1cc(/C=N/NC(=O)CNc2ccccc2)ccc1OC(=O)c1cccnc1. The summed E-state index contributed by atoms with van der Waals surface area (Å²) in [7, 11) is 1.47. The maximum Gasteiger partial charge on any atom is 0.345 e. The van der Waals surface area contributed by atoms with E-state index in [-0.39, 0.29) is 18.2 Å². The molecular weight excluding hydrogens is 384 g/mol. The van der Waals surface area contributed by atoms with Crippen LogP contribution < -0.4 is 20.2 Å². The number of rotatable bonds is 8. The number of esters is 1. The highest BCUT2D eigenvalue weighted by atomic mass is 16.6. The number of para-hydroxylation sites is 1. The van der Waals surface area contributed by atoms with Gasteiger partial charge in [-0.3, -0.25) is 9.78 Å². The molecule has 0 atom stereocenters. The molecule has 152 valence electrons. The van der Waals surface area contributed by atoms with E-state index in [2.05, 4.69) is 20.8 Å². The van der Waals surface area contributed by atoms with Crippen LogP contribution >= 0.6 is 0 Å². The molecule has 8 nitrogen and oxygen atoms in total. The van der Waals surface area contributed by atoms with Gasteiger partial charge in [-0.1, -0.05) is 18.2 Å². The lowest BCUT2D eigenvalue weighted by atomic mass is 10.2. The molecule has 2 aromatic carbocycles. The summed E-state index contributed by atoms with van der Waals surface area (Å²) in [4.78, 5) is 27.9.